The van der Waals surface area contributed by atoms with E-state index in [9.17, 15) is 0 Å². The zero-order valence-corrected chi connectivity index (χ0v) is 11.9. The lowest BCUT2D eigenvalue weighted by Crippen LogP contribution is -2.40. The van der Waals surface area contributed by atoms with E-state index in [-0.39, 0.29) is 0 Å². The van der Waals surface area contributed by atoms with Crippen molar-refractivity contribution in [3.63, 3.8) is 0 Å². The van der Waals surface area contributed by atoms with E-state index in [1.165, 1.54) is 16.3 Å². The molecule has 1 unspecified atom stereocenters. The molecule has 0 bridgehead atoms. The topological polar surface area (TPSA) is 37.0 Å². The first kappa shape index (κ1) is 13.0. The zero-order valence-electron chi connectivity index (χ0n) is 11.0. The highest BCUT2D eigenvalue weighted by Crippen LogP contribution is 2.33. The van der Waals surface area contributed by atoms with E-state index in [2.05, 4.69) is 36.4 Å². The third-order valence-electron chi connectivity index (χ3n) is 3.92. The highest BCUT2D eigenvalue weighted by molar-refractivity contribution is 7.11. The van der Waals surface area contributed by atoms with Crippen LogP contribution in [0.3, 0.4) is 0 Å². The van der Waals surface area contributed by atoms with Crippen molar-refractivity contribution >= 4 is 11.3 Å². The maximum atomic E-state index is 4.39. The van der Waals surface area contributed by atoms with Gasteiger partial charge in [-0.25, -0.2) is 4.98 Å². The van der Waals surface area contributed by atoms with Crippen molar-refractivity contribution in [1.82, 2.24) is 15.6 Å². The summed E-state index contributed by atoms with van der Waals surface area (Å²) in [6.45, 7) is 11.1. The average Bonchev–Trinajstić information content (AvgIpc) is 2.89. The Kier molecular flexibility index (Phi) is 4.17. The summed E-state index contributed by atoms with van der Waals surface area (Å²) in [6.07, 6.45) is 3.24. The van der Waals surface area contributed by atoms with E-state index >= 15 is 0 Å². The van der Waals surface area contributed by atoms with Crippen LogP contribution in [-0.4, -0.2) is 24.6 Å². The van der Waals surface area contributed by atoms with Gasteiger partial charge in [-0.05, 0) is 31.2 Å². The minimum absolute atomic E-state index is 0.437. The molecule has 0 radical (unpaired) electrons. The van der Waals surface area contributed by atoms with Gasteiger partial charge in [0.2, 0.25) is 0 Å². The Balaban J connectivity index is 1.84. The summed E-state index contributed by atoms with van der Waals surface area (Å²) >= 11 is 1.79. The second-order valence-corrected chi connectivity index (χ2v) is 6.73. The molecule has 1 aromatic heterocycles. The molecular weight excluding hydrogens is 230 g/mol. The summed E-state index contributed by atoms with van der Waals surface area (Å²) in [4.78, 5) is 5.68. The van der Waals surface area contributed by atoms with Crippen molar-refractivity contribution in [3.8, 4) is 0 Å². The van der Waals surface area contributed by atoms with Crippen LogP contribution >= 0.6 is 11.3 Å². The fourth-order valence-electron chi connectivity index (χ4n) is 2.51. The van der Waals surface area contributed by atoms with Crippen LogP contribution in [0.15, 0.2) is 6.20 Å². The first-order chi connectivity index (χ1) is 8.12. The first-order valence-corrected chi connectivity index (χ1v) is 7.27. The van der Waals surface area contributed by atoms with Crippen LogP contribution in [0.25, 0.3) is 0 Å². The number of aryl methyl sites for hydroxylation is 1. The number of thiazole rings is 1. The van der Waals surface area contributed by atoms with Crippen molar-refractivity contribution in [2.75, 3.05) is 19.6 Å². The molecule has 1 atom stereocenters. The van der Waals surface area contributed by atoms with E-state index in [0.29, 0.717) is 5.41 Å². The lowest BCUT2D eigenvalue weighted by molar-refractivity contribution is 0.208. The molecule has 1 aliphatic heterocycles. The molecule has 1 fully saturated rings. The van der Waals surface area contributed by atoms with E-state index in [0.717, 1.165) is 32.1 Å². The molecule has 1 aromatic rings. The van der Waals surface area contributed by atoms with Crippen LogP contribution in [0.2, 0.25) is 0 Å². The monoisotopic (exact) mass is 253 g/mol. The lowest BCUT2D eigenvalue weighted by atomic mass is 9.76. The van der Waals surface area contributed by atoms with Gasteiger partial charge in [0.15, 0.2) is 0 Å². The molecule has 2 rings (SSSR count). The van der Waals surface area contributed by atoms with Crippen LogP contribution in [0.5, 0.6) is 0 Å². The third kappa shape index (κ3) is 3.06. The van der Waals surface area contributed by atoms with Crippen LogP contribution in [-0.2, 0) is 6.54 Å². The maximum Gasteiger partial charge on any atom is 0.107 e. The summed E-state index contributed by atoms with van der Waals surface area (Å²) in [5, 5.41) is 8.28. The lowest BCUT2D eigenvalue weighted by Gasteiger charge is -2.32. The van der Waals surface area contributed by atoms with Crippen LogP contribution in [0.4, 0.5) is 0 Å². The Morgan fingerprint density at radius 2 is 2.41 bits per heavy atom. The molecule has 0 spiro atoms. The molecule has 2 heterocycles. The van der Waals surface area contributed by atoms with E-state index in [1.54, 1.807) is 11.3 Å². The van der Waals surface area contributed by atoms with Gasteiger partial charge >= 0.3 is 0 Å². The Morgan fingerprint density at radius 3 is 2.94 bits per heavy atom. The zero-order chi connectivity index (χ0) is 12.3. The van der Waals surface area contributed by atoms with E-state index in [4.69, 9.17) is 0 Å². The van der Waals surface area contributed by atoms with Gasteiger partial charge < -0.3 is 10.6 Å². The SMILES string of the molecule is Cc1cnc(CNCC2(C(C)C)CCNC2)s1. The van der Waals surface area contributed by atoms with Gasteiger partial charge in [0.05, 0.1) is 0 Å². The second-order valence-electron chi connectivity index (χ2n) is 5.41. The fourth-order valence-corrected chi connectivity index (χ4v) is 3.27. The maximum absolute atomic E-state index is 4.39. The Morgan fingerprint density at radius 1 is 1.59 bits per heavy atom. The first-order valence-electron chi connectivity index (χ1n) is 6.45. The van der Waals surface area contributed by atoms with Crippen LogP contribution in [0, 0.1) is 18.3 Å². The Bertz CT molecular complexity index is 353. The summed E-state index contributed by atoms with van der Waals surface area (Å²) in [6, 6.07) is 0. The molecular formula is C13H23N3S. The van der Waals surface area contributed by atoms with Crippen molar-refractivity contribution < 1.29 is 0 Å². The predicted molar refractivity (Wildman–Crippen MR) is 73.3 cm³/mol. The van der Waals surface area contributed by atoms with Gasteiger partial charge in [0, 0.05) is 30.7 Å². The number of aromatic nitrogens is 1. The molecule has 1 aliphatic rings. The Labute approximate surface area is 108 Å². The van der Waals surface area contributed by atoms with E-state index < -0.39 is 0 Å². The minimum atomic E-state index is 0.437. The van der Waals surface area contributed by atoms with Crippen molar-refractivity contribution in [2.45, 2.75) is 33.7 Å². The van der Waals surface area contributed by atoms with Crippen LogP contribution < -0.4 is 10.6 Å². The molecule has 4 heteroatoms. The van der Waals surface area contributed by atoms with Gasteiger partial charge in [0.1, 0.15) is 5.01 Å². The Hall–Kier alpha value is -0.450. The van der Waals surface area contributed by atoms with Crippen molar-refractivity contribution in [1.29, 1.82) is 0 Å². The molecule has 1 saturated heterocycles. The largest absolute Gasteiger partial charge is 0.316 e. The molecule has 2 N–H and O–H groups in total. The highest BCUT2D eigenvalue weighted by atomic mass is 32.1. The molecule has 17 heavy (non-hydrogen) atoms. The summed E-state index contributed by atoms with van der Waals surface area (Å²) in [5.74, 6) is 0.725. The number of rotatable bonds is 5. The molecule has 96 valence electrons. The number of nitrogens with zero attached hydrogens (tertiary/aromatic N) is 1. The summed E-state index contributed by atoms with van der Waals surface area (Å²) in [5.41, 5.74) is 0.437. The number of hydrogen-bond acceptors (Lipinski definition) is 4. The predicted octanol–water partition coefficient (Wildman–Crippen LogP) is 2.18. The van der Waals surface area contributed by atoms with Crippen molar-refractivity contribution in [3.05, 3.63) is 16.1 Å². The molecule has 0 aliphatic carbocycles. The summed E-state index contributed by atoms with van der Waals surface area (Å²) in [7, 11) is 0. The highest BCUT2D eigenvalue weighted by Gasteiger charge is 2.36. The molecule has 0 aromatic carbocycles. The van der Waals surface area contributed by atoms with Gasteiger partial charge in [-0.2, -0.15) is 0 Å². The average molecular weight is 253 g/mol. The number of hydrogen-bond donors (Lipinski definition) is 2. The normalized spacial score (nSPS) is 24.7. The minimum Gasteiger partial charge on any atom is -0.316 e. The quantitative estimate of drug-likeness (QED) is 0.844. The third-order valence-corrected chi connectivity index (χ3v) is 4.84. The van der Waals surface area contributed by atoms with Gasteiger partial charge in [0.25, 0.3) is 0 Å². The van der Waals surface area contributed by atoms with E-state index in [1.807, 2.05) is 6.20 Å². The van der Waals surface area contributed by atoms with Gasteiger partial charge in [-0.3, -0.25) is 0 Å². The summed E-state index contributed by atoms with van der Waals surface area (Å²) < 4.78 is 0. The molecule has 0 saturated carbocycles. The second kappa shape index (κ2) is 5.46. The standard InChI is InChI=1S/C13H23N3S/c1-10(2)13(4-5-14-8-13)9-15-7-12-16-6-11(3)17-12/h6,10,14-15H,4-5,7-9H2,1-3H3. The smallest absolute Gasteiger partial charge is 0.107 e. The van der Waals surface area contributed by atoms with Gasteiger partial charge in [-0.1, -0.05) is 13.8 Å². The molecule has 3 nitrogen and oxygen atoms in total. The van der Waals surface area contributed by atoms with Crippen LogP contribution in [0.1, 0.15) is 30.2 Å². The fraction of sp³-hybridized carbons (Fsp3) is 0.769. The van der Waals surface area contributed by atoms with Crippen molar-refractivity contribution in [2.24, 2.45) is 11.3 Å². The number of nitrogens with one attached hydrogen (secondary N) is 2. The van der Waals surface area contributed by atoms with Gasteiger partial charge in [-0.15, -0.1) is 11.3 Å². The molecule has 0 amide bonds.